The number of rotatable bonds is 17. The molecular weight excluding hydrogens is 701 g/mol. The van der Waals surface area contributed by atoms with E-state index in [2.05, 4.69) is 17.0 Å². The van der Waals surface area contributed by atoms with E-state index in [-0.39, 0.29) is 47.7 Å². The number of carbonyl (C=O) groups excluding carboxylic acids is 1. The van der Waals surface area contributed by atoms with Crippen LogP contribution >= 0.6 is 0 Å². The fourth-order valence-electron chi connectivity index (χ4n) is 6.50. The van der Waals surface area contributed by atoms with Gasteiger partial charge in [-0.2, -0.15) is 9.03 Å². The molecule has 0 fully saturated rings. The summed E-state index contributed by atoms with van der Waals surface area (Å²) in [4.78, 5) is 13.8. The third-order valence-corrected chi connectivity index (χ3v) is 12.8. The minimum Gasteiger partial charge on any atom is -0.493 e. The summed E-state index contributed by atoms with van der Waals surface area (Å²) in [6, 6.07) is 22.7. The van der Waals surface area contributed by atoms with Crippen molar-refractivity contribution in [1.82, 2.24) is 14.3 Å². The molecule has 0 saturated carbocycles. The first-order valence-corrected chi connectivity index (χ1v) is 20.7. The number of hydrogen-bond donors (Lipinski definition) is 4. The van der Waals surface area contributed by atoms with Crippen molar-refractivity contribution >= 4 is 42.4 Å². The number of fused-ring (bicyclic) bond motifs is 2. The Bertz CT molecular complexity index is 2050. The van der Waals surface area contributed by atoms with E-state index in [1.165, 1.54) is 34.6 Å². The number of benzene rings is 4. The fourth-order valence-corrected chi connectivity index (χ4v) is 9.52. The number of carbonyl (C=O) groups is 1. The molecule has 11 nitrogen and oxygen atoms in total. The average molecular weight is 751 g/mol. The highest BCUT2D eigenvalue weighted by Gasteiger charge is 2.32. The maximum Gasteiger partial charge on any atom is 0.243 e. The van der Waals surface area contributed by atoms with Crippen molar-refractivity contribution < 1.29 is 31.5 Å². The lowest BCUT2D eigenvalue weighted by molar-refractivity contribution is -0.122. The second-order valence-electron chi connectivity index (χ2n) is 14.0. The minimum absolute atomic E-state index is 0.0117. The molecule has 5 N–H and O–H groups in total. The topological polar surface area (TPSA) is 168 Å². The van der Waals surface area contributed by atoms with Gasteiger partial charge in [0.25, 0.3) is 0 Å². The number of nitrogens with two attached hydrogens (primary N) is 1. The van der Waals surface area contributed by atoms with Gasteiger partial charge in [-0.05, 0) is 89.8 Å². The first kappa shape index (κ1) is 39.2. The van der Waals surface area contributed by atoms with Gasteiger partial charge >= 0.3 is 0 Å². The molecule has 0 spiro atoms. The van der Waals surface area contributed by atoms with E-state index in [9.17, 15) is 26.7 Å². The van der Waals surface area contributed by atoms with Gasteiger partial charge in [-0.25, -0.2) is 16.8 Å². The lowest BCUT2D eigenvalue weighted by Gasteiger charge is -2.31. The average Bonchev–Trinajstić information content (AvgIpc) is 3.12. The summed E-state index contributed by atoms with van der Waals surface area (Å²) in [5.41, 5.74) is 7.97. The molecule has 13 heteroatoms. The zero-order valence-electron chi connectivity index (χ0n) is 30.0. The molecule has 1 amide bonds. The van der Waals surface area contributed by atoms with Gasteiger partial charge in [-0.3, -0.25) is 4.79 Å². The van der Waals surface area contributed by atoms with Crippen LogP contribution in [-0.4, -0.2) is 70.5 Å². The predicted octanol–water partition coefficient (Wildman–Crippen LogP) is 5.19. The number of aliphatic hydroxyl groups is 1. The third-order valence-electron chi connectivity index (χ3n) is 9.42. The number of nitrogens with one attached hydrogen (secondary N) is 2. The van der Waals surface area contributed by atoms with Crippen molar-refractivity contribution in [2.45, 2.75) is 80.7 Å². The van der Waals surface area contributed by atoms with E-state index in [0.717, 1.165) is 28.3 Å². The molecule has 0 aliphatic carbocycles. The monoisotopic (exact) mass is 750 g/mol. The Hall–Kier alpha value is -4.01. The van der Waals surface area contributed by atoms with Gasteiger partial charge < -0.3 is 20.9 Å². The Labute approximate surface area is 307 Å². The van der Waals surface area contributed by atoms with E-state index in [4.69, 9.17) is 10.5 Å². The second-order valence-corrected chi connectivity index (χ2v) is 17.6. The third kappa shape index (κ3) is 9.69. The summed E-state index contributed by atoms with van der Waals surface area (Å²) in [6.45, 7) is 6.50. The van der Waals surface area contributed by atoms with Gasteiger partial charge in [0.15, 0.2) is 0 Å². The molecule has 3 atom stereocenters. The molecular formula is C39H50N4O7S2. The molecule has 4 aromatic rings. The number of anilines is 1. The number of unbranched alkanes of at least 4 members (excludes halogenated alkanes) is 1. The summed E-state index contributed by atoms with van der Waals surface area (Å²) in [7, 11) is -8.02. The standard InChI is InChI=1S/C39H50N4O7S2/c1-27(2)25-43(52(48,49)34-15-13-32(40)14-16-34)33(26-44)10-6-7-20-41-39(45)37(23-29-11-12-30-8-4-5-9-31(30)22-29)42-51(46,47)35-17-18-36-28(3)19-21-50-38(36)24-35/h4-5,8-9,11-18,22,24,27-28,33,37,42,44H,6-7,10,19-21,23,25-26,40H2,1-3H3,(H,41,45)/t28?,33-,37?/m0/s1. The van der Waals surface area contributed by atoms with Gasteiger partial charge in [0.1, 0.15) is 11.8 Å². The SMILES string of the molecule is CC(C)CN([C@H](CO)CCCCNC(=O)C(Cc1ccc2ccccc2c1)NS(=O)(=O)c1ccc2c(c1)OCCC2C)S(=O)(=O)c1ccc(N)cc1. The van der Waals surface area contributed by atoms with Gasteiger partial charge in [-0.1, -0.05) is 75.7 Å². The lowest BCUT2D eigenvalue weighted by atomic mass is 9.95. The number of aliphatic hydroxyl groups excluding tert-OH is 1. The molecule has 280 valence electrons. The van der Waals surface area contributed by atoms with Crippen LogP contribution in [0.3, 0.4) is 0 Å². The molecule has 0 radical (unpaired) electrons. The maximum absolute atomic E-state index is 13.7. The molecule has 0 aromatic heterocycles. The Kier molecular flexibility index (Phi) is 13.0. The molecule has 0 saturated heterocycles. The van der Waals surface area contributed by atoms with E-state index < -0.39 is 38.0 Å². The second kappa shape index (κ2) is 17.2. The van der Waals surface area contributed by atoms with Crippen LogP contribution in [0.2, 0.25) is 0 Å². The van der Waals surface area contributed by atoms with Gasteiger partial charge in [0.2, 0.25) is 26.0 Å². The summed E-state index contributed by atoms with van der Waals surface area (Å²) < 4.78 is 64.4. The maximum atomic E-state index is 13.7. The highest BCUT2D eigenvalue weighted by atomic mass is 32.2. The smallest absolute Gasteiger partial charge is 0.243 e. The number of amides is 1. The number of nitrogen functional groups attached to an aromatic ring is 1. The molecule has 0 bridgehead atoms. The summed E-state index contributed by atoms with van der Waals surface area (Å²) in [5, 5.41) is 15.2. The largest absolute Gasteiger partial charge is 0.493 e. The Morgan fingerprint density at radius 2 is 1.65 bits per heavy atom. The first-order chi connectivity index (χ1) is 24.8. The van der Waals surface area contributed by atoms with Crippen LogP contribution < -0.4 is 20.5 Å². The van der Waals surface area contributed by atoms with Crippen LogP contribution in [0.15, 0.2) is 94.7 Å². The van der Waals surface area contributed by atoms with Crippen LogP contribution in [0, 0.1) is 5.92 Å². The quantitative estimate of drug-likeness (QED) is 0.0845. The molecule has 2 unspecified atom stereocenters. The number of sulfonamides is 2. The molecule has 5 rings (SSSR count). The Morgan fingerprint density at radius 1 is 0.942 bits per heavy atom. The highest BCUT2D eigenvalue weighted by molar-refractivity contribution is 7.89. The number of hydrogen-bond acceptors (Lipinski definition) is 8. The van der Waals surface area contributed by atoms with E-state index in [0.29, 0.717) is 37.3 Å². The minimum atomic E-state index is -4.11. The fraction of sp³-hybridized carbons (Fsp3) is 0.410. The summed E-state index contributed by atoms with van der Waals surface area (Å²) in [5.74, 6) is 0.314. The predicted molar refractivity (Wildman–Crippen MR) is 204 cm³/mol. The summed E-state index contributed by atoms with van der Waals surface area (Å²) >= 11 is 0. The number of ether oxygens (including phenoxy) is 1. The van der Waals surface area contributed by atoms with Crippen LogP contribution in [0.1, 0.15) is 63.5 Å². The van der Waals surface area contributed by atoms with Gasteiger partial charge in [0.05, 0.1) is 23.0 Å². The Balaban J connectivity index is 1.27. The normalized spacial score (nSPS) is 16.0. The molecule has 52 heavy (non-hydrogen) atoms. The summed E-state index contributed by atoms with van der Waals surface area (Å²) in [6.07, 6.45) is 2.32. The van der Waals surface area contributed by atoms with Crippen molar-refractivity contribution in [1.29, 1.82) is 0 Å². The zero-order valence-corrected chi connectivity index (χ0v) is 31.6. The Morgan fingerprint density at radius 3 is 2.37 bits per heavy atom. The molecule has 4 aromatic carbocycles. The highest BCUT2D eigenvalue weighted by Crippen LogP contribution is 2.35. The molecule has 1 heterocycles. The van der Waals surface area contributed by atoms with E-state index >= 15 is 0 Å². The van der Waals surface area contributed by atoms with Crippen LogP contribution in [0.25, 0.3) is 10.8 Å². The van der Waals surface area contributed by atoms with Crippen molar-refractivity contribution in [3.05, 3.63) is 96.1 Å². The van der Waals surface area contributed by atoms with Crippen LogP contribution in [-0.2, 0) is 31.3 Å². The van der Waals surface area contributed by atoms with Gasteiger partial charge in [0, 0.05) is 30.9 Å². The van der Waals surface area contributed by atoms with Crippen molar-refractivity contribution in [2.75, 3.05) is 32.0 Å². The lowest BCUT2D eigenvalue weighted by Crippen LogP contribution is -2.48. The van der Waals surface area contributed by atoms with Gasteiger partial charge in [-0.15, -0.1) is 0 Å². The zero-order chi connectivity index (χ0) is 37.5. The first-order valence-electron chi connectivity index (χ1n) is 17.8. The van der Waals surface area contributed by atoms with Crippen LogP contribution in [0.4, 0.5) is 5.69 Å². The number of nitrogens with zero attached hydrogens (tertiary/aromatic N) is 1. The molecule has 1 aliphatic heterocycles. The van der Waals surface area contributed by atoms with Crippen molar-refractivity contribution in [2.24, 2.45) is 5.92 Å². The van der Waals surface area contributed by atoms with E-state index in [1.807, 2.05) is 56.3 Å². The van der Waals surface area contributed by atoms with Crippen LogP contribution in [0.5, 0.6) is 5.75 Å². The van der Waals surface area contributed by atoms with Crippen molar-refractivity contribution in [3.8, 4) is 5.75 Å². The van der Waals surface area contributed by atoms with Crippen molar-refractivity contribution in [3.63, 3.8) is 0 Å². The molecule has 1 aliphatic rings. The van der Waals surface area contributed by atoms with E-state index in [1.54, 1.807) is 12.1 Å².